The number of anilines is 1. The average Bonchev–Trinajstić information content (AvgIpc) is 2.27. The molecule has 1 rings (SSSR count). The van der Waals surface area contributed by atoms with Crippen LogP contribution >= 0.6 is 0 Å². The quantitative estimate of drug-likeness (QED) is 0.801. The average molecular weight is 220 g/mol. The number of amides is 1. The highest BCUT2D eigenvalue weighted by atomic mass is 16.1. The van der Waals surface area contributed by atoms with Gasteiger partial charge < -0.3 is 11.1 Å². The van der Waals surface area contributed by atoms with E-state index in [9.17, 15) is 4.79 Å². The van der Waals surface area contributed by atoms with Gasteiger partial charge in [0.1, 0.15) is 0 Å². The van der Waals surface area contributed by atoms with Gasteiger partial charge in [-0.15, -0.1) is 0 Å². The number of aryl methyl sites for hydroxylation is 1. The molecule has 0 bridgehead atoms. The number of nitrogens with two attached hydrogens (primary N) is 1. The van der Waals surface area contributed by atoms with Crippen molar-refractivity contribution < 1.29 is 4.79 Å². The Labute approximate surface area is 97.0 Å². The van der Waals surface area contributed by atoms with E-state index >= 15 is 0 Å². The number of hydrogen-bond acceptors (Lipinski definition) is 2. The second kappa shape index (κ2) is 5.54. The highest BCUT2D eigenvalue weighted by Crippen LogP contribution is 2.18. The van der Waals surface area contributed by atoms with Gasteiger partial charge in [0.15, 0.2) is 0 Å². The number of rotatable bonds is 5. The third-order valence-electron chi connectivity index (χ3n) is 2.86. The van der Waals surface area contributed by atoms with E-state index in [1.807, 2.05) is 19.1 Å². The molecule has 0 aliphatic rings. The summed E-state index contributed by atoms with van der Waals surface area (Å²) >= 11 is 0. The van der Waals surface area contributed by atoms with Crippen LogP contribution in [0.25, 0.3) is 0 Å². The van der Waals surface area contributed by atoms with Gasteiger partial charge in [-0.3, -0.25) is 4.79 Å². The number of benzene rings is 1. The predicted molar refractivity (Wildman–Crippen MR) is 67.7 cm³/mol. The first kappa shape index (κ1) is 12.6. The van der Waals surface area contributed by atoms with Gasteiger partial charge in [0.2, 0.25) is 5.91 Å². The van der Waals surface area contributed by atoms with Crippen LogP contribution in [0.3, 0.4) is 0 Å². The second-order valence-electron chi connectivity index (χ2n) is 4.05. The molecule has 0 radical (unpaired) electrons. The molecule has 3 nitrogen and oxygen atoms in total. The van der Waals surface area contributed by atoms with Crippen LogP contribution in [0.1, 0.15) is 42.6 Å². The van der Waals surface area contributed by atoms with E-state index in [2.05, 4.69) is 19.2 Å². The van der Waals surface area contributed by atoms with Crippen LogP contribution in [0.2, 0.25) is 0 Å². The van der Waals surface area contributed by atoms with Crippen molar-refractivity contribution in [3.8, 4) is 0 Å². The Hall–Kier alpha value is -1.51. The van der Waals surface area contributed by atoms with E-state index in [0.29, 0.717) is 11.6 Å². The molecule has 0 aliphatic carbocycles. The van der Waals surface area contributed by atoms with Crippen molar-refractivity contribution in [3.05, 3.63) is 29.3 Å². The molecule has 88 valence electrons. The molecule has 0 heterocycles. The zero-order valence-corrected chi connectivity index (χ0v) is 10.2. The van der Waals surface area contributed by atoms with E-state index in [4.69, 9.17) is 5.73 Å². The molecule has 16 heavy (non-hydrogen) atoms. The van der Waals surface area contributed by atoms with E-state index in [-0.39, 0.29) is 5.91 Å². The van der Waals surface area contributed by atoms with Crippen molar-refractivity contribution in [1.29, 1.82) is 0 Å². The molecule has 1 amide bonds. The number of nitrogens with one attached hydrogen (secondary N) is 1. The smallest absolute Gasteiger partial charge is 0.248 e. The van der Waals surface area contributed by atoms with Gasteiger partial charge in [0, 0.05) is 17.3 Å². The van der Waals surface area contributed by atoms with E-state index in [1.165, 1.54) is 0 Å². The molecular formula is C13H20N2O. The molecular weight excluding hydrogens is 200 g/mol. The summed E-state index contributed by atoms with van der Waals surface area (Å²) in [5.74, 6) is -0.378. The largest absolute Gasteiger partial charge is 0.382 e. The molecule has 0 aliphatic heterocycles. The Kier molecular flexibility index (Phi) is 4.35. The van der Waals surface area contributed by atoms with Crippen LogP contribution in [0.5, 0.6) is 0 Å². The summed E-state index contributed by atoms with van der Waals surface area (Å²) in [6.07, 6.45) is 2.18. The Balaban J connectivity index is 2.86. The second-order valence-corrected chi connectivity index (χ2v) is 4.05. The maximum atomic E-state index is 11.0. The lowest BCUT2D eigenvalue weighted by molar-refractivity contribution is 0.100. The number of primary amides is 1. The van der Waals surface area contributed by atoms with Gasteiger partial charge in [-0.25, -0.2) is 0 Å². The third kappa shape index (κ3) is 2.99. The van der Waals surface area contributed by atoms with Gasteiger partial charge in [-0.2, -0.15) is 0 Å². The maximum absolute atomic E-state index is 11.0. The highest BCUT2D eigenvalue weighted by molar-refractivity contribution is 5.93. The minimum atomic E-state index is -0.378. The molecule has 3 N–H and O–H groups in total. The van der Waals surface area contributed by atoms with Crippen LogP contribution in [-0.2, 0) is 0 Å². The van der Waals surface area contributed by atoms with Crippen LogP contribution in [0.4, 0.5) is 5.69 Å². The van der Waals surface area contributed by atoms with E-state index < -0.39 is 0 Å². The molecule has 0 atom stereocenters. The summed E-state index contributed by atoms with van der Waals surface area (Å²) in [5.41, 5.74) is 7.93. The zero-order chi connectivity index (χ0) is 12.1. The number of carbonyl (C=O) groups excluding carboxylic acids is 1. The molecule has 3 heteroatoms. The van der Waals surface area contributed by atoms with Crippen molar-refractivity contribution in [2.75, 3.05) is 5.32 Å². The summed E-state index contributed by atoms with van der Waals surface area (Å²) in [6, 6.07) is 6.00. The normalized spacial score (nSPS) is 10.5. The molecule has 1 aromatic carbocycles. The van der Waals surface area contributed by atoms with Crippen molar-refractivity contribution in [2.24, 2.45) is 5.73 Å². The van der Waals surface area contributed by atoms with Gasteiger partial charge in [-0.05, 0) is 43.5 Å². The molecule has 0 saturated heterocycles. The van der Waals surface area contributed by atoms with Crippen molar-refractivity contribution in [2.45, 2.75) is 39.7 Å². The summed E-state index contributed by atoms with van der Waals surface area (Å²) in [6.45, 7) is 6.31. The third-order valence-corrected chi connectivity index (χ3v) is 2.86. The Bertz CT molecular complexity index is 370. The van der Waals surface area contributed by atoms with Crippen LogP contribution < -0.4 is 11.1 Å². The predicted octanol–water partition coefficient (Wildman–Crippen LogP) is 2.69. The molecule has 0 aromatic heterocycles. The van der Waals surface area contributed by atoms with Crippen LogP contribution in [0, 0.1) is 6.92 Å². The molecule has 0 unspecified atom stereocenters. The first-order chi connectivity index (χ1) is 7.58. The Morgan fingerprint density at radius 1 is 1.38 bits per heavy atom. The highest BCUT2D eigenvalue weighted by Gasteiger charge is 2.07. The summed E-state index contributed by atoms with van der Waals surface area (Å²) in [4.78, 5) is 11.0. The molecule has 0 fully saturated rings. The lowest BCUT2D eigenvalue weighted by atomic mass is 10.1. The van der Waals surface area contributed by atoms with Gasteiger partial charge in [0.25, 0.3) is 0 Å². The standard InChI is InChI=1S/C13H20N2O/c1-4-11(5-2)15-12-7-6-10(13(14)16)8-9(12)3/h6-8,11,15H,4-5H2,1-3H3,(H2,14,16). The first-order valence-corrected chi connectivity index (χ1v) is 5.75. The summed E-state index contributed by atoms with van der Waals surface area (Å²) in [7, 11) is 0. The number of hydrogen-bond donors (Lipinski definition) is 2. The van der Waals surface area contributed by atoms with Gasteiger partial charge >= 0.3 is 0 Å². The summed E-state index contributed by atoms with van der Waals surface area (Å²) < 4.78 is 0. The zero-order valence-electron chi connectivity index (χ0n) is 10.2. The lowest BCUT2D eigenvalue weighted by Gasteiger charge is -2.18. The molecule has 0 spiro atoms. The molecule has 1 aromatic rings. The Morgan fingerprint density at radius 2 is 2.00 bits per heavy atom. The molecule has 0 saturated carbocycles. The minimum absolute atomic E-state index is 0.378. The topological polar surface area (TPSA) is 55.1 Å². The maximum Gasteiger partial charge on any atom is 0.248 e. The fourth-order valence-corrected chi connectivity index (χ4v) is 1.69. The van der Waals surface area contributed by atoms with Crippen LogP contribution in [0.15, 0.2) is 18.2 Å². The fourth-order valence-electron chi connectivity index (χ4n) is 1.69. The monoisotopic (exact) mass is 220 g/mol. The summed E-state index contributed by atoms with van der Waals surface area (Å²) in [5, 5.41) is 3.46. The Morgan fingerprint density at radius 3 is 2.44 bits per heavy atom. The van der Waals surface area contributed by atoms with Gasteiger partial charge in [0.05, 0.1) is 0 Å². The van der Waals surface area contributed by atoms with Crippen molar-refractivity contribution >= 4 is 11.6 Å². The van der Waals surface area contributed by atoms with Gasteiger partial charge in [-0.1, -0.05) is 13.8 Å². The first-order valence-electron chi connectivity index (χ1n) is 5.75. The fraction of sp³-hybridized carbons (Fsp3) is 0.462. The van der Waals surface area contributed by atoms with Crippen molar-refractivity contribution in [1.82, 2.24) is 0 Å². The minimum Gasteiger partial charge on any atom is -0.382 e. The SMILES string of the molecule is CCC(CC)Nc1ccc(C(N)=O)cc1C. The van der Waals surface area contributed by atoms with E-state index in [1.54, 1.807) is 6.07 Å². The number of carbonyl (C=O) groups is 1. The van der Waals surface area contributed by atoms with Crippen molar-refractivity contribution in [3.63, 3.8) is 0 Å². The lowest BCUT2D eigenvalue weighted by Crippen LogP contribution is -2.18. The van der Waals surface area contributed by atoms with Crippen LogP contribution in [-0.4, -0.2) is 11.9 Å². The van der Waals surface area contributed by atoms with E-state index in [0.717, 1.165) is 24.1 Å².